The third kappa shape index (κ3) is 4.07. The Bertz CT molecular complexity index is 388. The van der Waals surface area contributed by atoms with E-state index in [0.29, 0.717) is 6.54 Å². The molecule has 0 spiro atoms. The van der Waals surface area contributed by atoms with E-state index in [0.717, 1.165) is 17.7 Å². The molecule has 1 aromatic carbocycles. The first-order valence-electron chi connectivity index (χ1n) is 5.57. The minimum absolute atomic E-state index is 0.618. The summed E-state index contributed by atoms with van der Waals surface area (Å²) in [6, 6.07) is 7.77. The molecule has 0 aliphatic rings. The van der Waals surface area contributed by atoms with Crippen molar-refractivity contribution < 1.29 is 14.6 Å². The van der Waals surface area contributed by atoms with Gasteiger partial charge in [0.05, 0.1) is 7.11 Å². The number of hydrogen-bond donors (Lipinski definition) is 2. The molecule has 0 aliphatic carbocycles. The van der Waals surface area contributed by atoms with Crippen LogP contribution in [0, 0.1) is 0 Å². The predicted octanol–water partition coefficient (Wildman–Crippen LogP) is 1.69. The lowest BCUT2D eigenvalue weighted by Gasteiger charge is -2.20. The van der Waals surface area contributed by atoms with Crippen LogP contribution in [0.1, 0.15) is 19.4 Å². The van der Waals surface area contributed by atoms with E-state index in [1.165, 1.54) is 0 Å². The van der Waals surface area contributed by atoms with Gasteiger partial charge < -0.3 is 15.2 Å². The third-order valence-corrected chi connectivity index (χ3v) is 2.65. The minimum Gasteiger partial charge on any atom is -0.497 e. The fourth-order valence-corrected chi connectivity index (χ4v) is 1.42. The van der Waals surface area contributed by atoms with Gasteiger partial charge in [0, 0.05) is 6.54 Å². The van der Waals surface area contributed by atoms with Gasteiger partial charge in [0.15, 0.2) is 0 Å². The van der Waals surface area contributed by atoms with Crippen LogP contribution in [-0.4, -0.2) is 30.3 Å². The number of carboxylic acids is 1. The average Bonchev–Trinajstić information content (AvgIpc) is 2.29. The average molecular weight is 237 g/mol. The molecule has 0 fully saturated rings. The molecule has 2 N–H and O–H groups in total. The van der Waals surface area contributed by atoms with Crippen molar-refractivity contribution in [1.82, 2.24) is 5.32 Å². The normalized spacial score (nSPS) is 11.2. The van der Waals surface area contributed by atoms with Gasteiger partial charge in [-0.2, -0.15) is 0 Å². The summed E-state index contributed by atoms with van der Waals surface area (Å²) in [6.07, 6.45) is 0.772. The van der Waals surface area contributed by atoms with E-state index in [9.17, 15) is 4.79 Å². The fraction of sp³-hybridized carbons (Fsp3) is 0.462. The maximum Gasteiger partial charge on any atom is 0.323 e. The molecule has 0 atom stereocenters. The summed E-state index contributed by atoms with van der Waals surface area (Å²) in [6.45, 7) is 3.92. The molecule has 0 saturated carbocycles. The number of benzene rings is 1. The summed E-state index contributed by atoms with van der Waals surface area (Å²) < 4.78 is 5.13. The molecule has 0 radical (unpaired) electrons. The van der Waals surface area contributed by atoms with E-state index in [2.05, 4.69) is 5.32 Å². The molecule has 0 saturated heterocycles. The minimum atomic E-state index is -0.890. The summed E-state index contributed by atoms with van der Waals surface area (Å²) in [4.78, 5) is 10.9. The standard InChI is InChI=1S/C13H19NO3/c1-13(2,12(15)16)14-8-7-10-5-4-6-11(9-10)17-3/h4-6,9,14H,7-8H2,1-3H3,(H,15,16). The fourth-order valence-electron chi connectivity index (χ4n) is 1.42. The molecule has 1 aromatic rings. The van der Waals surface area contributed by atoms with E-state index in [-0.39, 0.29) is 0 Å². The maximum absolute atomic E-state index is 10.9. The molecule has 94 valence electrons. The lowest BCUT2D eigenvalue weighted by Crippen LogP contribution is -2.47. The Morgan fingerprint density at radius 3 is 2.76 bits per heavy atom. The number of carbonyl (C=O) groups is 1. The number of rotatable bonds is 6. The first-order valence-corrected chi connectivity index (χ1v) is 5.57. The molecule has 1 rings (SSSR count). The number of hydrogen-bond acceptors (Lipinski definition) is 3. The van der Waals surface area contributed by atoms with Crippen LogP contribution in [0.3, 0.4) is 0 Å². The van der Waals surface area contributed by atoms with Crippen molar-refractivity contribution in [1.29, 1.82) is 0 Å². The van der Waals surface area contributed by atoms with E-state index in [1.54, 1.807) is 21.0 Å². The van der Waals surface area contributed by atoms with Crippen LogP contribution in [0.2, 0.25) is 0 Å². The topological polar surface area (TPSA) is 58.6 Å². The van der Waals surface area contributed by atoms with Crippen molar-refractivity contribution in [3.05, 3.63) is 29.8 Å². The number of carboxylic acid groups (broad SMARTS) is 1. The molecule has 0 aliphatic heterocycles. The lowest BCUT2D eigenvalue weighted by atomic mass is 10.1. The first-order chi connectivity index (χ1) is 7.95. The van der Waals surface area contributed by atoms with Crippen molar-refractivity contribution in [2.45, 2.75) is 25.8 Å². The van der Waals surface area contributed by atoms with E-state index < -0.39 is 11.5 Å². The van der Waals surface area contributed by atoms with Crippen LogP contribution >= 0.6 is 0 Å². The van der Waals surface area contributed by atoms with E-state index >= 15 is 0 Å². The van der Waals surface area contributed by atoms with Crippen molar-refractivity contribution in [2.24, 2.45) is 0 Å². The highest BCUT2D eigenvalue weighted by Gasteiger charge is 2.25. The lowest BCUT2D eigenvalue weighted by molar-refractivity contribution is -0.143. The monoisotopic (exact) mass is 237 g/mol. The molecule has 0 aromatic heterocycles. The van der Waals surface area contributed by atoms with Gasteiger partial charge in [-0.05, 0) is 38.0 Å². The van der Waals surface area contributed by atoms with Gasteiger partial charge >= 0.3 is 5.97 Å². The molecule has 0 heterocycles. The Balaban J connectivity index is 2.48. The Kier molecular flexibility index (Phi) is 4.52. The second-order valence-corrected chi connectivity index (χ2v) is 4.46. The zero-order chi connectivity index (χ0) is 12.9. The summed E-state index contributed by atoms with van der Waals surface area (Å²) in [7, 11) is 1.63. The smallest absolute Gasteiger partial charge is 0.323 e. The summed E-state index contributed by atoms with van der Waals surface area (Å²) in [5.74, 6) is -0.0249. The molecular formula is C13H19NO3. The van der Waals surface area contributed by atoms with Crippen molar-refractivity contribution in [3.8, 4) is 5.75 Å². The maximum atomic E-state index is 10.9. The number of nitrogens with one attached hydrogen (secondary N) is 1. The van der Waals surface area contributed by atoms with Crippen LogP contribution in [0.25, 0.3) is 0 Å². The zero-order valence-electron chi connectivity index (χ0n) is 10.5. The van der Waals surface area contributed by atoms with Crippen LogP contribution in [0.4, 0.5) is 0 Å². The SMILES string of the molecule is COc1cccc(CCNC(C)(C)C(=O)O)c1. The van der Waals surface area contributed by atoms with Crippen molar-refractivity contribution >= 4 is 5.97 Å². The van der Waals surface area contributed by atoms with Crippen LogP contribution in [0.15, 0.2) is 24.3 Å². The summed E-state index contributed by atoms with van der Waals surface area (Å²) in [5, 5.41) is 11.9. The first kappa shape index (κ1) is 13.5. The highest BCUT2D eigenvalue weighted by Crippen LogP contribution is 2.13. The molecule has 0 unspecified atom stereocenters. The highest BCUT2D eigenvalue weighted by atomic mass is 16.5. The Labute approximate surface area is 102 Å². The quantitative estimate of drug-likeness (QED) is 0.790. The van der Waals surface area contributed by atoms with Gasteiger partial charge in [0.25, 0.3) is 0 Å². The van der Waals surface area contributed by atoms with Gasteiger partial charge in [-0.25, -0.2) is 0 Å². The summed E-state index contributed by atoms with van der Waals surface area (Å²) >= 11 is 0. The third-order valence-electron chi connectivity index (χ3n) is 2.65. The Morgan fingerprint density at radius 1 is 1.47 bits per heavy atom. The predicted molar refractivity (Wildman–Crippen MR) is 66.4 cm³/mol. The highest BCUT2D eigenvalue weighted by molar-refractivity contribution is 5.77. The van der Waals surface area contributed by atoms with E-state index in [4.69, 9.17) is 9.84 Å². The number of aliphatic carboxylic acids is 1. The van der Waals surface area contributed by atoms with Gasteiger partial charge in [0.2, 0.25) is 0 Å². The van der Waals surface area contributed by atoms with Crippen molar-refractivity contribution in [2.75, 3.05) is 13.7 Å². The number of methoxy groups -OCH3 is 1. The van der Waals surface area contributed by atoms with Crippen LogP contribution in [0.5, 0.6) is 5.75 Å². The van der Waals surface area contributed by atoms with Crippen LogP contribution < -0.4 is 10.1 Å². The second kappa shape index (κ2) is 5.68. The summed E-state index contributed by atoms with van der Waals surface area (Å²) in [5.41, 5.74) is 0.233. The van der Waals surface area contributed by atoms with E-state index in [1.807, 2.05) is 24.3 Å². The molecule has 4 nitrogen and oxygen atoms in total. The Morgan fingerprint density at radius 2 is 2.18 bits per heavy atom. The van der Waals surface area contributed by atoms with Gasteiger partial charge in [-0.1, -0.05) is 12.1 Å². The molecular weight excluding hydrogens is 218 g/mol. The van der Waals surface area contributed by atoms with Gasteiger partial charge in [-0.15, -0.1) is 0 Å². The largest absolute Gasteiger partial charge is 0.497 e. The molecule has 17 heavy (non-hydrogen) atoms. The molecule has 4 heteroatoms. The van der Waals surface area contributed by atoms with Crippen LogP contribution in [-0.2, 0) is 11.2 Å². The van der Waals surface area contributed by atoms with Gasteiger partial charge in [-0.3, -0.25) is 4.79 Å². The molecule has 0 bridgehead atoms. The Hall–Kier alpha value is -1.55. The zero-order valence-corrected chi connectivity index (χ0v) is 10.5. The van der Waals surface area contributed by atoms with Gasteiger partial charge in [0.1, 0.15) is 11.3 Å². The van der Waals surface area contributed by atoms with Crippen molar-refractivity contribution in [3.63, 3.8) is 0 Å². The second-order valence-electron chi connectivity index (χ2n) is 4.46. The molecule has 0 amide bonds. The number of ether oxygens (including phenoxy) is 1.